The number of rotatable bonds is 1. The van der Waals surface area contributed by atoms with E-state index in [2.05, 4.69) is 15.0 Å². The zero-order valence-corrected chi connectivity index (χ0v) is 7.69. The molecule has 6 heteroatoms. The summed E-state index contributed by atoms with van der Waals surface area (Å²) in [6.45, 7) is 1.37. The summed E-state index contributed by atoms with van der Waals surface area (Å²) in [5, 5.41) is 0. The fraction of sp³-hybridized carbons (Fsp3) is 0.625. The second-order valence-corrected chi connectivity index (χ2v) is 3.31. The highest BCUT2D eigenvalue weighted by molar-refractivity contribution is 5.14. The molecule has 1 aliphatic heterocycles. The van der Waals surface area contributed by atoms with Crippen molar-refractivity contribution in [2.45, 2.75) is 18.8 Å². The zero-order chi connectivity index (χ0) is 9.97. The van der Waals surface area contributed by atoms with Gasteiger partial charge in [-0.25, -0.2) is 4.79 Å². The number of ether oxygens (including phenoxy) is 1. The average molecular weight is 196 g/mol. The lowest BCUT2D eigenvalue weighted by Gasteiger charge is -2.20. The van der Waals surface area contributed by atoms with E-state index in [-0.39, 0.29) is 11.9 Å². The van der Waals surface area contributed by atoms with Crippen LogP contribution in [-0.2, 0) is 4.74 Å². The molecule has 0 saturated carbocycles. The van der Waals surface area contributed by atoms with Crippen molar-refractivity contribution in [3.05, 3.63) is 16.3 Å². The molecule has 14 heavy (non-hydrogen) atoms. The van der Waals surface area contributed by atoms with E-state index in [4.69, 9.17) is 10.5 Å². The van der Waals surface area contributed by atoms with Crippen LogP contribution in [0.4, 0.5) is 5.95 Å². The van der Waals surface area contributed by atoms with Gasteiger partial charge in [-0.1, -0.05) is 0 Å². The number of hydrogen-bond acceptors (Lipinski definition) is 5. The Kier molecular flexibility index (Phi) is 2.45. The lowest BCUT2D eigenvalue weighted by molar-refractivity contribution is 0.0779. The molecule has 2 rings (SSSR count). The van der Waals surface area contributed by atoms with Crippen molar-refractivity contribution in [1.29, 1.82) is 0 Å². The van der Waals surface area contributed by atoms with E-state index in [1.807, 2.05) is 0 Å². The van der Waals surface area contributed by atoms with Crippen LogP contribution >= 0.6 is 0 Å². The van der Waals surface area contributed by atoms with Crippen molar-refractivity contribution in [1.82, 2.24) is 15.0 Å². The first-order valence-corrected chi connectivity index (χ1v) is 4.57. The number of aromatic amines is 1. The summed E-state index contributed by atoms with van der Waals surface area (Å²) in [7, 11) is 0. The lowest BCUT2D eigenvalue weighted by atomic mass is 10.0. The molecule has 1 aliphatic rings. The smallest absolute Gasteiger partial charge is 0.349 e. The molecule has 0 aliphatic carbocycles. The van der Waals surface area contributed by atoms with Crippen LogP contribution in [0.25, 0.3) is 0 Å². The highest BCUT2D eigenvalue weighted by Crippen LogP contribution is 2.21. The summed E-state index contributed by atoms with van der Waals surface area (Å²) < 4.78 is 5.29. The van der Waals surface area contributed by atoms with E-state index in [0.717, 1.165) is 19.4 Å². The molecule has 0 radical (unpaired) electrons. The van der Waals surface area contributed by atoms with E-state index in [9.17, 15) is 4.79 Å². The first-order chi connectivity index (χ1) is 6.75. The molecule has 1 atom stereocenters. The summed E-state index contributed by atoms with van der Waals surface area (Å²) in [5.74, 6) is 0.748. The Morgan fingerprint density at radius 3 is 3.00 bits per heavy atom. The molecule has 76 valence electrons. The third-order valence-electron chi connectivity index (χ3n) is 2.23. The van der Waals surface area contributed by atoms with Gasteiger partial charge in [-0.3, -0.25) is 4.98 Å². The number of nitrogens with one attached hydrogen (secondary N) is 1. The normalized spacial score (nSPS) is 22.1. The minimum atomic E-state index is -0.446. The summed E-state index contributed by atoms with van der Waals surface area (Å²) in [4.78, 5) is 21.0. The Morgan fingerprint density at radius 2 is 2.36 bits per heavy atom. The molecule has 2 heterocycles. The van der Waals surface area contributed by atoms with Crippen molar-refractivity contribution < 1.29 is 4.74 Å². The minimum absolute atomic E-state index is 0.0225. The third-order valence-corrected chi connectivity index (χ3v) is 2.23. The number of nitrogen functional groups attached to an aromatic ring is 1. The maximum atomic E-state index is 11.0. The van der Waals surface area contributed by atoms with Crippen LogP contribution in [0.5, 0.6) is 0 Å². The number of nitrogens with two attached hydrogens (primary N) is 1. The second-order valence-electron chi connectivity index (χ2n) is 3.31. The van der Waals surface area contributed by atoms with Crippen LogP contribution < -0.4 is 11.4 Å². The second kappa shape index (κ2) is 3.75. The van der Waals surface area contributed by atoms with Gasteiger partial charge in [0.25, 0.3) is 0 Å². The molecule has 1 unspecified atom stereocenters. The number of nitrogens with zero attached hydrogens (tertiary/aromatic N) is 2. The van der Waals surface area contributed by atoms with Gasteiger partial charge in [0.2, 0.25) is 5.95 Å². The molecule has 0 spiro atoms. The fourth-order valence-electron chi connectivity index (χ4n) is 1.57. The molecule has 1 aromatic rings. The molecule has 0 amide bonds. The van der Waals surface area contributed by atoms with Gasteiger partial charge in [-0.05, 0) is 12.8 Å². The Labute approximate surface area is 80.5 Å². The highest BCUT2D eigenvalue weighted by atomic mass is 16.5. The topological polar surface area (TPSA) is 93.9 Å². The van der Waals surface area contributed by atoms with Gasteiger partial charge in [-0.15, -0.1) is 0 Å². The Balaban J connectivity index is 2.26. The van der Waals surface area contributed by atoms with E-state index in [0.29, 0.717) is 12.4 Å². The van der Waals surface area contributed by atoms with Gasteiger partial charge >= 0.3 is 5.69 Å². The maximum absolute atomic E-state index is 11.0. The standard InChI is InChI=1S/C8H12N4O2/c9-7-10-6(11-8(13)12-7)5-2-1-3-14-4-5/h5H,1-4H2,(H3,9,10,11,12,13). The monoisotopic (exact) mass is 196 g/mol. The maximum Gasteiger partial charge on any atom is 0.349 e. The van der Waals surface area contributed by atoms with Crippen molar-refractivity contribution in [2.24, 2.45) is 0 Å². The SMILES string of the molecule is Nc1nc(C2CCCOC2)[nH]c(=O)n1. The van der Waals surface area contributed by atoms with Gasteiger partial charge in [0, 0.05) is 12.5 Å². The number of H-pyrrole nitrogens is 1. The predicted octanol–water partition coefficient (Wildman–Crippen LogP) is -0.359. The number of anilines is 1. The quantitative estimate of drug-likeness (QED) is 0.639. The van der Waals surface area contributed by atoms with Crippen LogP contribution in [-0.4, -0.2) is 28.2 Å². The van der Waals surface area contributed by atoms with Gasteiger partial charge in [0.05, 0.1) is 6.61 Å². The summed E-state index contributed by atoms with van der Waals surface area (Å²) in [6, 6.07) is 0. The van der Waals surface area contributed by atoms with E-state index >= 15 is 0 Å². The van der Waals surface area contributed by atoms with Crippen LogP contribution in [0.3, 0.4) is 0 Å². The third kappa shape index (κ3) is 1.90. The number of hydrogen-bond donors (Lipinski definition) is 2. The predicted molar refractivity (Wildman–Crippen MR) is 49.9 cm³/mol. The fourth-order valence-corrected chi connectivity index (χ4v) is 1.57. The van der Waals surface area contributed by atoms with Gasteiger partial charge in [-0.2, -0.15) is 9.97 Å². The van der Waals surface area contributed by atoms with Crippen LogP contribution in [0.1, 0.15) is 24.6 Å². The molecule has 1 aromatic heterocycles. The molecule has 1 fully saturated rings. The molecule has 0 bridgehead atoms. The Hall–Kier alpha value is -1.43. The molecule has 0 aromatic carbocycles. The van der Waals surface area contributed by atoms with E-state index in [1.54, 1.807) is 0 Å². The molecular weight excluding hydrogens is 184 g/mol. The van der Waals surface area contributed by atoms with Gasteiger partial charge < -0.3 is 10.5 Å². The average Bonchev–Trinajstić information content (AvgIpc) is 2.18. The summed E-state index contributed by atoms with van der Waals surface area (Å²) in [6.07, 6.45) is 1.95. The molecular formula is C8H12N4O2. The Bertz CT molecular complexity index is 370. The largest absolute Gasteiger partial charge is 0.381 e. The molecule has 6 nitrogen and oxygen atoms in total. The van der Waals surface area contributed by atoms with Crippen molar-refractivity contribution in [2.75, 3.05) is 18.9 Å². The molecule has 1 saturated heterocycles. The first-order valence-electron chi connectivity index (χ1n) is 4.57. The highest BCUT2D eigenvalue weighted by Gasteiger charge is 2.18. The summed E-state index contributed by atoms with van der Waals surface area (Å²) >= 11 is 0. The van der Waals surface area contributed by atoms with E-state index in [1.165, 1.54) is 0 Å². The molecule has 3 N–H and O–H groups in total. The van der Waals surface area contributed by atoms with Crippen LogP contribution in [0.2, 0.25) is 0 Å². The van der Waals surface area contributed by atoms with Crippen molar-refractivity contribution >= 4 is 5.95 Å². The number of aromatic nitrogens is 3. The van der Waals surface area contributed by atoms with Gasteiger partial charge in [0.1, 0.15) is 5.82 Å². The first kappa shape index (κ1) is 9.14. The van der Waals surface area contributed by atoms with Crippen LogP contribution in [0, 0.1) is 0 Å². The lowest BCUT2D eigenvalue weighted by Crippen LogP contribution is -2.24. The van der Waals surface area contributed by atoms with E-state index < -0.39 is 5.69 Å². The summed E-state index contributed by atoms with van der Waals surface area (Å²) in [5.41, 5.74) is 4.94. The Morgan fingerprint density at radius 1 is 1.50 bits per heavy atom. The van der Waals surface area contributed by atoms with Crippen LogP contribution in [0.15, 0.2) is 4.79 Å². The minimum Gasteiger partial charge on any atom is -0.381 e. The zero-order valence-electron chi connectivity index (χ0n) is 7.69. The van der Waals surface area contributed by atoms with Crippen molar-refractivity contribution in [3.63, 3.8) is 0 Å². The van der Waals surface area contributed by atoms with Gasteiger partial charge in [0.15, 0.2) is 0 Å². The van der Waals surface area contributed by atoms with Crippen molar-refractivity contribution in [3.8, 4) is 0 Å².